The molecule has 0 atom stereocenters. The van der Waals surface area contributed by atoms with Crippen LogP contribution in [0.4, 0.5) is 5.13 Å². The van der Waals surface area contributed by atoms with Crippen LogP contribution in [0.1, 0.15) is 18.1 Å². The van der Waals surface area contributed by atoms with Crippen LogP contribution in [0.15, 0.2) is 28.6 Å². The first-order valence-corrected chi connectivity index (χ1v) is 7.94. The van der Waals surface area contributed by atoms with Gasteiger partial charge in [-0.15, -0.1) is 10.2 Å². The van der Waals surface area contributed by atoms with E-state index in [1.54, 1.807) is 6.07 Å². The average molecular weight is 299 g/mol. The average Bonchev–Trinajstić information content (AvgIpc) is 2.89. The van der Waals surface area contributed by atoms with Crippen LogP contribution in [0.3, 0.4) is 0 Å². The highest BCUT2D eigenvalue weighted by atomic mass is 32.2. The number of hydrogen-bond acceptors (Lipinski definition) is 6. The summed E-state index contributed by atoms with van der Waals surface area (Å²) >= 11 is 1.10. The van der Waals surface area contributed by atoms with Gasteiger partial charge in [-0.05, 0) is 29.7 Å². The van der Waals surface area contributed by atoms with E-state index in [9.17, 15) is 13.5 Å². The number of anilines is 1. The second-order valence-electron chi connectivity index (χ2n) is 3.79. The van der Waals surface area contributed by atoms with Gasteiger partial charge in [0, 0.05) is 0 Å². The van der Waals surface area contributed by atoms with Crippen molar-refractivity contribution < 1.29 is 13.5 Å². The van der Waals surface area contributed by atoms with E-state index in [0.29, 0.717) is 5.56 Å². The third kappa shape index (κ3) is 3.09. The van der Waals surface area contributed by atoms with Gasteiger partial charge in [0.25, 0.3) is 10.0 Å². The smallest absolute Gasteiger partial charge is 0.263 e. The molecule has 2 N–H and O–H groups in total. The highest BCUT2D eigenvalue weighted by Crippen LogP contribution is 2.20. The monoisotopic (exact) mass is 299 g/mol. The number of aliphatic hydroxyl groups is 1. The van der Waals surface area contributed by atoms with Crippen molar-refractivity contribution in [3.63, 3.8) is 0 Å². The number of aromatic nitrogens is 2. The van der Waals surface area contributed by atoms with Crippen LogP contribution in [0, 0.1) is 0 Å². The third-order valence-corrected chi connectivity index (χ3v) is 4.69. The molecule has 0 saturated carbocycles. The molecule has 1 aromatic carbocycles. The molecular weight excluding hydrogens is 286 g/mol. The van der Waals surface area contributed by atoms with Crippen molar-refractivity contribution in [2.24, 2.45) is 0 Å². The number of nitrogens with one attached hydrogen (secondary N) is 1. The largest absolute Gasteiger partial charge is 0.392 e. The van der Waals surface area contributed by atoms with Gasteiger partial charge in [0.1, 0.15) is 5.51 Å². The minimum atomic E-state index is -3.69. The molecule has 0 bridgehead atoms. The predicted molar refractivity (Wildman–Crippen MR) is 72.5 cm³/mol. The Kier molecular flexibility index (Phi) is 4.13. The first-order valence-electron chi connectivity index (χ1n) is 5.58. The molecule has 1 heterocycles. The summed E-state index contributed by atoms with van der Waals surface area (Å²) in [6.07, 6.45) is 0.736. The number of nitrogens with zero attached hydrogens (tertiary/aromatic N) is 2. The van der Waals surface area contributed by atoms with Gasteiger partial charge in [-0.3, -0.25) is 4.72 Å². The Morgan fingerprint density at radius 1 is 1.37 bits per heavy atom. The number of rotatable bonds is 5. The zero-order valence-corrected chi connectivity index (χ0v) is 11.8. The fraction of sp³-hybridized carbons (Fsp3) is 0.273. The van der Waals surface area contributed by atoms with E-state index in [4.69, 9.17) is 0 Å². The van der Waals surface area contributed by atoms with Crippen LogP contribution in [0.5, 0.6) is 0 Å². The lowest BCUT2D eigenvalue weighted by Gasteiger charge is -2.09. The summed E-state index contributed by atoms with van der Waals surface area (Å²) in [4.78, 5) is 0.101. The number of sulfonamides is 1. The second kappa shape index (κ2) is 5.64. The lowest BCUT2D eigenvalue weighted by molar-refractivity contribution is 0.280. The van der Waals surface area contributed by atoms with Gasteiger partial charge in [-0.2, -0.15) is 0 Å². The lowest BCUT2D eigenvalue weighted by atomic mass is 10.1. The maximum atomic E-state index is 12.1. The van der Waals surface area contributed by atoms with E-state index in [-0.39, 0.29) is 16.6 Å². The summed E-state index contributed by atoms with van der Waals surface area (Å²) in [5.41, 5.74) is 2.98. The molecule has 0 aliphatic heterocycles. The normalized spacial score (nSPS) is 11.5. The summed E-state index contributed by atoms with van der Waals surface area (Å²) in [6, 6.07) is 4.70. The zero-order valence-electron chi connectivity index (χ0n) is 10.2. The molecule has 0 fully saturated rings. The van der Waals surface area contributed by atoms with E-state index >= 15 is 0 Å². The fourth-order valence-corrected chi connectivity index (χ4v) is 3.40. The van der Waals surface area contributed by atoms with E-state index < -0.39 is 10.0 Å². The Balaban J connectivity index is 2.35. The fourth-order valence-electron chi connectivity index (χ4n) is 1.65. The first-order chi connectivity index (χ1) is 9.06. The number of aliphatic hydroxyl groups excluding tert-OH is 1. The highest BCUT2D eigenvalue weighted by molar-refractivity contribution is 7.93. The minimum Gasteiger partial charge on any atom is -0.392 e. The summed E-state index contributed by atoms with van der Waals surface area (Å²) in [7, 11) is -3.69. The Morgan fingerprint density at radius 2 is 2.16 bits per heavy atom. The highest BCUT2D eigenvalue weighted by Gasteiger charge is 2.17. The molecule has 1 aromatic heterocycles. The van der Waals surface area contributed by atoms with Crippen molar-refractivity contribution in [2.45, 2.75) is 24.8 Å². The quantitative estimate of drug-likeness (QED) is 0.870. The van der Waals surface area contributed by atoms with Gasteiger partial charge < -0.3 is 5.11 Å². The lowest BCUT2D eigenvalue weighted by Crippen LogP contribution is -2.13. The molecule has 0 saturated heterocycles. The van der Waals surface area contributed by atoms with Crippen molar-refractivity contribution in [2.75, 3.05) is 4.72 Å². The molecule has 2 aromatic rings. The Bertz CT molecular complexity index is 654. The molecule has 0 spiro atoms. The number of hydrogen-bond donors (Lipinski definition) is 2. The molecule has 0 aliphatic rings. The second-order valence-corrected chi connectivity index (χ2v) is 6.31. The molecule has 102 valence electrons. The van der Waals surface area contributed by atoms with E-state index in [1.807, 2.05) is 6.92 Å². The van der Waals surface area contributed by atoms with Gasteiger partial charge in [-0.1, -0.05) is 24.3 Å². The first kappa shape index (κ1) is 13.9. The van der Waals surface area contributed by atoms with Crippen molar-refractivity contribution in [3.8, 4) is 0 Å². The van der Waals surface area contributed by atoms with E-state index in [2.05, 4.69) is 14.9 Å². The van der Waals surface area contributed by atoms with Crippen molar-refractivity contribution >= 4 is 26.5 Å². The molecular formula is C11H13N3O3S2. The predicted octanol–water partition coefficient (Wildman–Crippen LogP) is 1.39. The zero-order chi connectivity index (χ0) is 13.9. The van der Waals surface area contributed by atoms with E-state index in [1.165, 1.54) is 17.6 Å². The molecule has 0 unspecified atom stereocenters. The molecule has 8 heteroatoms. The van der Waals surface area contributed by atoms with Gasteiger partial charge >= 0.3 is 0 Å². The van der Waals surface area contributed by atoms with Crippen LogP contribution >= 0.6 is 11.3 Å². The maximum Gasteiger partial charge on any atom is 0.263 e. The van der Waals surface area contributed by atoms with Gasteiger partial charge in [-0.25, -0.2) is 8.42 Å². The maximum absolute atomic E-state index is 12.1. The van der Waals surface area contributed by atoms with Gasteiger partial charge in [0.15, 0.2) is 0 Å². The number of aryl methyl sites for hydroxylation is 1. The SMILES string of the molecule is CCc1ccc(S(=O)(=O)Nc2nncs2)cc1CO. The molecule has 2 rings (SSSR count). The Labute approximate surface area is 115 Å². The van der Waals surface area contributed by atoms with Gasteiger partial charge in [0.2, 0.25) is 5.13 Å². The Hall–Kier alpha value is -1.51. The molecule has 6 nitrogen and oxygen atoms in total. The summed E-state index contributed by atoms with van der Waals surface area (Å²) < 4.78 is 26.6. The molecule has 19 heavy (non-hydrogen) atoms. The van der Waals surface area contributed by atoms with Gasteiger partial charge in [0.05, 0.1) is 11.5 Å². The van der Waals surface area contributed by atoms with Crippen LogP contribution in [0.25, 0.3) is 0 Å². The van der Waals surface area contributed by atoms with Crippen LogP contribution < -0.4 is 4.72 Å². The van der Waals surface area contributed by atoms with Crippen LogP contribution in [0.2, 0.25) is 0 Å². The van der Waals surface area contributed by atoms with Crippen molar-refractivity contribution in [3.05, 3.63) is 34.8 Å². The molecule has 0 radical (unpaired) electrons. The minimum absolute atomic E-state index is 0.101. The van der Waals surface area contributed by atoms with E-state index in [0.717, 1.165) is 23.3 Å². The summed E-state index contributed by atoms with van der Waals surface area (Å²) in [5.74, 6) is 0. The van der Waals surface area contributed by atoms with Crippen LogP contribution in [-0.2, 0) is 23.1 Å². The third-order valence-electron chi connectivity index (χ3n) is 2.62. The molecule has 0 aliphatic carbocycles. The Morgan fingerprint density at radius 3 is 2.74 bits per heavy atom. The number of benzene rings is 1. The van der Waals surface area contributed by atoms with Crippen LogP contribution in [-0.4, -0.2) is 23.7 Å². The summed E-state index contributed by atoms with van der Waals surface area (Å²) in [6.45, 7) is 1.76. The van der Waals surface area contributed by atoms with Crippen molar-refractivity contribution in [1.29, 1.82) is 0 Å². The summed E-state index contributed by atoms with van der Waals surface area (Å²) in [5, 5.41) is 16.7. The molecule has 0 amide bonds. The van der Waals surface area contributed by atoms with Crippen molar-refractivity contribution in [1.82, 2.24) is 10.2 Å². The topological polar surface area (TPSA) is 92.2 Å². The standard InChI is InChI=1S/C11H13N3O3S2/c1-2-8-3-4-10(5-9(8)6-15)19(16,17)14-11-13-12-7-18-11/h3-5,7,15H,2,6H2,1H3,(H,13,14).